The summed E-state index contributed by atoms with van der Waals surface area (Å²) in [5.41, 5.74) is 6.64. The van der Waals surface area contributed by atoms with E-state index in [2.05, 4.69) is 101 Å². The van der Waals surface area contributed by atoms with Gasteiger partial charge in [-0.2, -0.15) is 0 Å². The van der Waals surface area contributed by atoms with Crippen molar-refractivity contribution in [2.75, 3.05) is 7.05 Å². The van der Waals surface area contributed by atoms with Crippen molar-refractivity contribution in [3.05, 3.63) is 101 Å². The molecule has 0 saturated carbocycles. The molecule has 0 radical (unpaired) electrons. The van der Waals surface area contributed by atoms with E-state index < -0.39 is 0 Å². The molecule has 5 nitrogen and oxygen atoms in total. The third-order valence-electron chi connectivity index (χ3n) is 4.59. The van der Waals surface area contributed by atoms with E-state index in [1.165, 1.54) is 16.7 Å². The molecule has 0 saturated heterocycles. The van der Waals surface area contributed by atoms with Crippen molar-refractivity contribution in [1.82, 2.24) is 24.8 Å². The molecule has 0 aliphatic carbocycles. The molecule has 150 valence electrons. The molecular weight excluding hydrogens is 358 g/mol. The third-order valence-corrected chi connectivity index (χ3v) is 4.59. The minimum Gasteiger partial charge on any atom is -0.373 e. The van der Waals surface area contributed by atoms with Gasteiger partial charge in [-0.25, -0.2) is 0 Å². The highest BCUT2D eigenvalue weighted by molar-refractivity contribution is 5.15. The zero-order chi connectivity index (χ0) is 20.6. The predicted molar refractivity (Wildman–Crippen MR) is 117 cm³/mol. The Kier molecular flexibility index (Phi) is 6.95. The first-order valence-corrected chi connectivity index (χ1v) is 9.85. The number of nitrogens with zero attached hydrogens (tertiary/aromatic N) is 5. The molecule has 29 heavy (non-hydrogen) atoms. The molecule has 3 aromatic rings. The summed E-state index contributed by atoms with van der Waals surface area (Å²) in [7, 11) is 2.06. The van der Waals surface area contributed by atoms with Crippen molar-refractivity contribution in [2.45, 2.75) is 40.4 Å². The molecule has 0 atom stereocenters. The smallest absolute Gasteiger partial charge is 0.0601 e. The highest BCUT2D eigenvalue weighted by Crippen LogP contribution is 2.10. The molecule has 0 bridgehead atoms. The van der Waals surface area contributed by atoms with E-state index >= 15 is 0 Å². The Balaban J connectivity index is 1.70. The van der Waals surface area contributed by atoms with Gasteiger partial charge < -0.3 is 9.80 Å². The Morgan fingerprint density at radius 2 is 1.03 bits per heavy atom. The standard InChI is InChI=1S/C24H29N5/c1-19-5-8-22(25-13-19)16-28(4)11-12-29(17-23-9-6-20(2)14-26-23)18-24-10-7-21(3)15-27-24/h5-15H,16-18H2,1-4H3. The van der Waals surface area contributed by atoms with E-state index in [1.54, 1.807) is 0 Å². The Hall–Kier alpha value is -3.21. The van der Waals surface area contributed by atoms with Crippen LogP contribution in [-0.4, -0.2) is 31.8 Å². The molecule has 0 spiro atoms. The van der Waals surface area contributed by atoms with Gasteiger partial charge in [0.1, 0.15) is 0 Å². The fourth-order valence-electron chi connectivity index (χ4n) is 2.87. The van der Waals surface area contributed by atoms with Crippen LogP contribution in [0.3, 0.4) is 0 Å². The monoisotopic (exact) mass is 387 g/mol. The molecule has 3 heterocycles. The van der Waals surface area contributed by atoms with Crippen LogP contribution in [0.15, 0.2) is 67.4 Å². The van der Waals surface area contributed by atoms with Gasteiger partial charge in [0.25, 0.3) is 0 Å². The summed E-state index contributed by atoms with van der Waals surface area (Å²) >= 11 is 0. The van der Waals surface area contributed by atoms with Crippen LogP contribution in [-0.2, 0) is 19.6 Å². The minimum absolute atomic E-state index is 0.725. The van der Waals surface area contributed by atoms with Crippen molar-refractivity contribution in [3.63, 3.8) is 0 Å². The second-order valence-corrected chi connectivity index (χ2v) is 7.60. The van der Waals surface area contributed by atoms with Gasteiger partial charge in [-0.15, -0.1) is 0 Å². The summed E-state index contributed by atoms with van der Waals surface area (Å²) in [6, 6.07) is 12.5. The van der Waals surface area contributed by atoms with Crippen LogP contribution in [0.1, 0.15) is 33.8 Å². The highest BCUT2D eigenvalue weighted by Gasteiger charge is 2.06. The molecule has 0 aliphatic heterocycles. The first-order chi connectivity index (χ1) is 14.0. The summed E-state index contributed by atoms with van der Waals surface area (Å²) in [5.74, 6) is 0. The van der Waals surface area contributed by atoms with Crippen molar-refractivity contribution in [2.24, 2.45) is 0 Å². The van der Waals surface area contributed by atoms with Crippen LogP contribution < -0.4 is 0 Å². The van der Waals surface area contributed by atoms with Gasteiger partial charge in [-0.05, 0) is 55.7 Å². The fraction of sp³-hybridized carbons (Fsp3) is 0.292. The highest BCUT2D eigenvalue weighted by atomic mass is 15.2. The first kappa shape index (κ1) is 20.5. The van der Waals surface area contributed by atoms with Gasteiger partial charge >= 0.3 is 0 Å². The van der Waals surface area contributed by atoms with Gasteiger partial charge in [0, 0.05) is 38.0 Å². The Morgan fingerprint density at radius 1 is 0.621 bits per heavy atom. The number of aromatic nitrogens is 3. The molecule has 0 N–H and O–H groups in total. The maximum atomic E-state index is 4.56. The topological polar surface area (TPSA) is 45.2 Å². The largest absolute Gasteiger partial charge is 0.373 e. The Labute approximate surface area is 173 Å². The van der Waals surface area contributed by atoms with Gasteiger partial charge in [0.05, 0.1) is 36.7 Å². The van der Waals surface area contributed by atoms with E-state index in [-0.39, 0.29) is 0 Å². The van der Waals surface area contributed by atoms with E-state index in [1.807, 2.05) is 18.6 Å². The van der Waals surface area contributed by atoms with E-state index in [0.29, 0.717) is 0 Å². The van der Waals surface area contributed by atoms with E-state index in [4.69, 9.17) is 0 Å². The van der Waals surface area contributed by atoms with Crippen LogP contribution in [0.5, 0.6) is 0 Å². The van der Waals surface area contributed by atoms with E-state index in [9.17, 15) is 0 Å². The zero-order valence-corrected chi connectivity index (χ0v) is 17.7. The molecule has 3 aromatic heterocycles. The Morgan fingerprint density at radius 3 is 1.41 bits per heavy atom. The van der Waals surface area contributed by atoms with Gasteiger partial charge in [0.15, 0.2) is 0 Å². The summed E-state index contributed by atoms with van der Waals surface area (Å²) in [5, 5.41) is 0. The number of aryl methyl sites for hydroxylation is 3. The number of rotatable bonds is 8. The SMILES string of the molecule is Cc1ccc(CN(C)C=CN(Cc2ccc(C)cn2)Cc2ccc(C)cn2)nc1. The molecule has 0 amide bonds. The molecule has 5 heteroatoms. The fourth-order valence-corrected chi connectivity index (χ4v) is 2.87. The zero-order valence-electron chi connectivity index (χ0n) is 17.7. The summed E-state index contributed by atoms with van der Waals surface area (Å²) in [6.07, 6.45) is 9.93. The maximum Gasteiger partial charge on any atom is 0.0601 e. The van der Waals surface area contributed by atoms with Gasteiger partial charge in [-0.1, -0.05) is 18.2 Å². The molecule has 0 aliphatic rings. The average molecular weight is 388 g/mol. The predicted octanol–water partition coefficient (Wildman–Crippen LogP) is 4.40. The van der Waals surface area contributed by atoms with Crippen LogP contribution in [0.4, 0.5) is 0 Å². The van der Waals surface area contributed by atoms with Crippen LogP contribution in [0, 0.1) is 20.8 Å². The van der Waals surface area contributed by atoms with E-state index in [0.717, 1.165) is 36.7 Å². The lowest BCUT2D eigenvalue weighted by molar-refractivity contribution is 0.338. The first-order valence-electron chi connectivity index (χ1n) is 9.85. The van der Waals surface area contributed by atoms with Crippen molar-refractivity contribution >= 4 is 0 Å². The third kappa shape index (κ3) is 6.71. The van der Waals surface area contributed by atoms with Crippen molar-refractivity contribution in [3.8, 4) is 0 Å². The van der Waals surface area contributed by atoms with Crippen molar-refractivity contribution in [1.29, 1.82) is 0 Å². The molecular formula is C24H29N5. The lowest BCUT2D eigenvalue weighted by atomic mass is 10.2. The molecule has 0 aromatic carbocycles. The molecule has 0 unspecified atom stereocenters. The molecule has 0 fully saturated rings. The van der Waals surface area contributed by atoms with Crippen LogP contribution in [0.25, 0.3) is 0 Å². The maximum absolute atomic E-state index is 4.56. The Bertz CT molecular complexity index is 867. The average Bonchev–Trinajstić information content (AvgIpc) is 2.71. The number of hydrogen-bond acceptors (Lipinski definition) is 5. The van der Waals surface area contributed by atoms with Gasteiger partial charge in [-0.3, -0.25) is 15.0 Å². The van der Waals surface area contributed by atoms with Crippen LogP contribution in [0.2, 0.25) is 0 Å². The normalized spacial score (nSPS) is 11.0. The summed E-state index contributed by atoms with van der Waals surface area (Å²) in [6.45, 7) is 8.37. The van der Waals surface area contributed by atoms with Gasteiger partial charge in [0.2, 0.25) is 0 Å². The second-order valence-electron chi connectivity index (χ2n) is 7.60. The summed E-state index contributed by atoms with van der Waals surface area (Å²) in [4.78, 5) is 18.0. The number of hydrogen-bond donors (Lipinski definition) is 0. The lowest BCUT2D eigenvalue weighted by Gasteiger charge is -2.22. The summed E-state index contributed by atoms with van der Waals surface area (Å²) < 4.78 is 0. The minimum atomic E-state index is 0.725. The molecule has 3 rings (SSSR count). The quantitative estimate of drug-likeness (QED) is 0.573. The van der Waals surface area contributed by atoms with Crippen molar-refractivity contribution < 1.29 is 0 Å². The lowest BCUT2D eigenvalue weighted by Crippen LogP contribution is -2.20. The van der Waals surface area contributed by atoms with Crippen LogP contribution >= 0.6 is 0 Å². The second kappa shape index (κ2) is 9.82. The number of pyridine rings is 3.